The molecule has 2 aliphatic rings. The lowest BCUT2D eigenvalue weighted by Crippen LogP contribution is -2.58. The van der Waals surface area contributed by atoms with E-state index in [1.807, 2.05) is 13.0 Å². The average Bonchev–Trinajstić information content (AvgIpc) is 3.36. The van der Waals surface area contributed by atoms with Crippen LogP contribution in [0.1, 0.15) is 44.1 Å². The molecule has 5 amide bonds. The number of urea groups is 2. The summed E-state index contributed by atoms with van der Waals surface area (Å²) in [5.41, 5.74) is 1.81. The highest BCUT2D eigenvalue weighted by Crippen LogP contribution is 2.29. The number of hydrogen-bond acceptors (Lipinski definition) is 4. The van der Waals surface area contributed by atoms with Crippen LogP contribution in [-0.2, 0) is 9.59 Å². The van der Waals surface area contributed by atoms with Crippen molar-refractivity contribution >= 4 is 35.3 Å². The van der Waals surface area contributed by atoms with E-state index in [-0.39, 0.29) is 25.4 Å². The molecule has 2 fully saturated rings. The van der Waals surface area contributed by atoms with E-state index in [2.05, 4.69) is 16.0 Å². The SMILES string of the molecule is Cc1cccc(NC(=O)N2CCN(C(=O)Nc3ccc(F)cc3)C2C(=O)NC(CC(=O)O)C2CCCCC2)c1. The highest BCUT2D eigenvalue weighted by atomic mass is 19.1. The zero-order valence-corrected chi connectivity index (χ0v) is 21.9. The van der Waals surface area contributed by atoms with E-state index >= 15 is 0 Å². The lowest BCUT2D eigenvalue weighted by Gasteiger charge is -2.34. The minimum Gasteiger partial charge on any atom is -0.481 e. The summed E-state index contributed by atoms with van der Waals surface area (Å²) in [4.78, 5) is 54.4. The zero-order chi connectivity index (χ0) is 27.9. The second-order valence-electron chi connectivity index (χ2n) is 10.1. The van der Waals surface area contributed by atoms with Gasteiger partial charge in [0.05, 0.1) is 6.42 Å². The fraction of sp³-hybridized carbons (Fsp3) is 0.429. The van der Waals surface area contributed by atoms with Gasteiger partial charge in [0.15, 0.2) is 6.17 Å². The van der Waals surface area contributed by atoms with E-state index in [0.29, 0.717) is 11.4 Å². The van der Waals surface area contributed by atoms with Gasteiger partial charge in [-0.25, -0.2) is 14.0 Å². The molecule has 2 aromatic rings. The number of carbonyl (C=O) groups excluding carboxylic acids is 3. The topological polar surface area (TPSA) is 131 Å². The standard InChI is InChI=1S/C28H34FN5O5/c1-18-6-5-9-22(16-18)31-28(39)34-15-14-33(27(38)30-21-12-10-20(29)11-13-21)26(34)25(37)32-23(17-24(35)36)19-7-3-2-4-8-19/h5-6,9-13,16,19,23,26H,2-4,7-8,14-15,17H2,1H3,(H,30,38)(H,31,39)(H,32,37)(H,35,36). The molecule has 208 valence electrons. The van der Waals surface area contributed by atoms with Crippen LogP contribution >= 0.6 is 0 Å². The Morgan fingerprint density at radius 2 is 1.54 bits per heavy atom. The van der Waals surface area contributed by atoms with E-state index in [4.69, 9.17) is 0 Å². The number of hydrogen-bond donors (Lipinski definition) is 4. The molecule has 0 radical (unpaired) electrons. The van der Waals surface area contributed by atoms with Crippen LogP contribution in [0.15, 0.2) is 48.5 Å². The van der Waals surface area contributed by atoms with Crippen molar-refractivity contribution in [1.29, 1.82) is 0 Å². The third-order valence-corrected chi connectivity index (χ3v) is 7.23. The molecule has 10 nitrogen and oxygen atoms in total. The molecule has 0 spiro atoms. The van der Waals surface area contributed by atoms with Crippen molar-refractivity contribution in [2.24, 2.45) is 5.92 Å². The second kappa shape index (κ2) is 12.6. The Labute approximate surface area is 226 Å². The van der Waals surface area contributed by atoms with Crippen LogP contribution in [0.5, 0.6) is 0 Å². The van der Waals surface area contributed by atoms with Crippen molar-refractivity contribution in [2.45, 2.75) is 57.7 Å². The number of nitrogens with zero attached hydrogens (tertiary/aromatic N) is 2. The second-order valence-corrected chi connectivity index (χ2v) is 10.1. The van der Waals surface area contributed by atoms with Gasteiger partial charge in [-0.2, -0.15) is 0 Å². The number of aryl methyl sites for hydroxylation is 1. The third-order valence-electron chi connectivity index (χ3n) is 7.23. The normalized spacial score (nSPS) is 18.4. The molecule has 4 rings (SSSR count). The molecule has 39 heavy (non-hydrogen) atoms. The number of carboxylic acid groups (broad SMARTS) is 1. The summed E-state index contributed by atoms with van der Waals surface area (Å²) < 4.78 is 13.3. The average molecular weight is 540 g/mol. The van der Waals surface area contributed by atoms with Gasteiger partial charge >= 0.3 is 18.0 Å². The Kier molecular flexibility index (Phi) is 9.00. The van der Waals surface area contributed by atoms with E-state index < -0.39 is 42.0 Å². The first-order valence-electron chi connectivity index (χ1n) is 13.2. The minimum absolute atomic E-state index is 0.00346. The highest BCUT2D eigenvalue weighted by Gasteiger charge is 2.44. The Morgan fingerprint density at radius 1 is 0.923 bits per heavy atom. The number of benzene rings is 2. The molecule has 2 aromatic carbocycles. The van der Waals surface area contributed by atoms with Gasteiger partial charge in [0.1, 0.15) is 5.82 Å². The Morgan fingerprint density at radius 3 is 2.13 bits per heavy atom. The molecule has 2 atom stereocenters. The molecule has 11 heteroatoms. The van der Waals surface area contributed by atoms with Crippen molar-refractivity contribution in [3.8, 4) is 0 Å². The number of anilines is 2. The van der Waals surface area contributed by atoms with E-state index in [9.17, 15) is 28.7 Å². The van der Waals surface area contributed by atoms with Crippen molar-refractivity contribution in [3.05, 3.63) is 59.9 Å². The summed E-state index contributed by atoms with van der Waals surface area (Å²) in [5, 5.41) is 17.8. The summed E-state index contributed by atoms with van der Waals surface area (Å²) in [6.45, 7) is 2.04. The van der Waals surface area contributed by atoms with Crippen molar-refractivity contribution in [3.63, 3.8) is 0 Å². The van der Waals surface area contributed by atoms with Gasteiger partial charge in [0.25, 0.3) is 5.91 Å². The number of amides is 5. The summed E-state index contributed by atoms with van der Waals surface area (Å²) in [7, 11) is 0. The molecule has 4 N–H and O–H groups in total. The smallest absolute Gasteiger partial charge is 0.323 e. The Hall–Kier alpha value is -4.15. The first-order valence-corrected chi connectivity index (χ1v) is 13.2. The number of carbonyl (C=O) groups is 4. The number of rotatable bonds is 7. The van der Waals surface area contributed by atoms with E-state index in [1.54, 1.807) is 18.2 Å². The molecule has 1 aliphatic heterocycles. The van der Waals surface area contributed by atoms with E-state index in [1.165, 1.54) is 34.1 Å². The Bertz CT molecular complexity index is 1200. The van der Waals surface area contributed by atoms with Gasteiger partial charge in [-0.3, -0.25) is 19.4 Å². The lowest BCUT2D eigenvalue weighted by atomic mass is 9.82. The molecule has 1 aliphatic carbocycles. The van der Waals surface area contributed by atoms with Crippen LogP contribution in [0.3, 0.4) is 0 Å². The van der Waals surface area contributed by atoms with Crippen LogP contribution in [-0.4, -0.2) is 64.1 Å². The highest BCUT2D eigenvalue weighted by molar-refractivity contribution is 5.98. The molecule has 1 saturated heterocycles. The predicted molar refractivity (Wildman–Crippen MR) is 144 cm³/mol. The molecular weight excluding hydrogens is 505 g/mol. The first-order chi connectivity index (χ1) is 18.7. The van der Waals surface area contributed by atoms with Gasteiger partial charge in [0, 0.05) is 30.5 Å². The van der Waals surface area contributed by atoms with Crippen molar-refractivity contribution < 1.29 is 28.7 Å². The first kappa shape index (κ1) is 27.9. The van der Waals surface area contributed by atoms with Crippen LogP contribution in [0.2, 0.25) is 0 Å². The third kappa shape index (κ3) is 7.24. The lowest BCUT2D eigenvalue weighted by molar-refractivity contribution is -0.138. The summed E-state index contributed by atoms with van der Waals surface area (Å²) >= 11 is 0. The summed E-state index contributed by atoms with van der Waals surface area (Å²) in [6.07, 6.45) is 3.02. The molecule has 2 unspecified atom stereocenters. The number of halogens is 1. The number of nitrogens with one attached hydrogen (secondary N) is 3. The molecule has 1 saturated carbocycles. The van der Waals surface area contributed by atoms with Crippen LogP contribution in [0, 0.1) is 18.7 Å². The maximum absolute atomic E-state index is 13.7. The van der Waals surface area contributed by atoms with Crippen LogP contribution in [0.4, 0.5) is 25.4 Å². The maximum atomic E-state index is 13.7. The summed E-state index contributed by atoms with van der Waals surface area (Å²) in [5.74, 6) is -2.12. The quantitative estimate of drug-likeness (QED) is 0.415. The fourth-order valence-electron chi connectivity index (χ4n) is 5.30. The van der Waals surface area contributed by atoms with Gasteiger partial charge in [-0.05, 0) is 67.6 Å². The molecular formula is C28H34FN5O5. The largest absolute Gasteiger partial charge is 0.481 e. The van der Waals surface area contributed by atoms with Crippen molar-refractivity contribution in [2.75, 3.05) is 23.7 Å². The van der Waals surface area contributed by atoms with Gasteiger partial charge in [-0.15, -0.1) is 0 Å². The fourth-order valence-corrected chi connectivity index (χ4v) is 5.30. The van der Waals surface area contributed by atoms with Crippen LogP contribution < -0.4 is 16.0 Å². The van der Waals surface area contributed by atoms with E-state index in [0.717, 1.165) is 37.7 Å². The molecule has 1 heterocycles. The maximum Gasteiger partial charge on any atom is 0.323 e. The summed E-state index contributed by atoms with van der Waals surface area (Å²) in [6, 6.07) is 10.6. The van der Waals surface area contributed by atoms with Gasteiger partial charge in [0.2, 0.25) is 0 Å². The van der Waals surface area contributed by atoms with Gasteiger partial charge in [-0.1, -0.05) is 31.4 Å². The predicted octanol–water partition coefficient (Wildman–Crippen LogP) is 4.38. The van der Waals surface area contributed by atoms with Crippen molar-refractivity contribution in [1.82, 2.24) is 15.1 Å². The monoisotopic (exact) mass is 539 g/mol. The number of aliphatic carboxylic acids is 1. The minimum atomic E-state index is -1.31. The zero-order valence-electron chi connectivity index (χ0n) is 21.9. The molecule has 0 bridgehead atoms. The molecule has 0 aromatic heterocycles. The number of carboxylic acids is 1. The van der Waals surface area contributed by atoms with Gasteiger partial charge < -0.3 is 21.1 Å². The van der Waals surface area contributed by atoms with Crippen LogP contribution in [0.25, 0.3) is 0 Å². The Balaban J connectivity index is 1.56.